The van der Waals surface area contributed by atoms with Gasteiger partial charge in [-0.15, -0.1) is 0 Å². The fraction of sp³-hybridized carbons (Fsp3) is 0.429. The Morgan fingerprint density at radius 3 is 3.00 bits per heavy atom. The van der Waals surface area contributed by atoms with Gasteiger partial charge in [-0.1, -0.05) is 18.2 Å². The van der Waals surface area contributed by atoms with E-state index >= 15 is 0 Å². The van der Waals surface area contributed by atoms with Crippen LogP contribution in [0.1, 0.15) is 19.8 Å². The molecule has 0 aromatic heterocycles. The molecular formula is C14H14O3. The third kappa shape index (κ3) is 1.28. The Labute approximate surface area is 99.8 Å². The number of ether oxygens (including phenoxy) is 1. The van der Waals surface area contributed by atoms with Crippen LogP contribution in [0.25, 0.3) is 0 Å². The summed E-state index contributed by atoms with van der Waals surface area (Å²) in [4.78, 5) is 22.7. The molecule has 0 saturated carbocycles. The van der Waals surface area contributed by atoms with Crippen LogP contribution in [0.4, 0.5) is 0 Å². The van der Waals surface area contributed by atoms with E-state index in [0.29, 0.717) is 12.0 Å². The number of rotatable bonds is 1. The Kier molecular flexibility index (Phi) is 2.12. The molecule has 3 rings (SSSR count). The molecule has 1 saturated heterocycles. The molecule has 0 bridgehead atoms. The molecule has 0 spiro atoms. The predicted molar refractivity (Wildman–Crippen MR) is 62.1 cm³/mol. The van der Waals surface area contributed by atoms with E-state index in [1.165, 1.54) is 5.57 Å². The van der Waals surface area contributed by atoms with Crippen molar-refractivity contribution in [2.75, 3.05) is 0 Å². The summed E-state index contributed by atoms with van der Waals surface area (Å²) in [5.41, 5.74) is 3.70. The number of hydrogen-bond acceptors (Lipinski definition) is 3. The van der Waals surface area contributed by atoms with Crippen LogP contribution in [0.2, 0.25) is 0 Å². The van der Waals surface area contributed by atoms with Crippen molar-refractivity contribution in [3.63, 3.8) is 0 Å². The van der Waals surface area contributed by atoms with E-state index in [1.54, 1.807) is 0 Å². The van der Waals surface area contributed by atoms with E-state index in [4.69, 9.17) is 4.74 Å². The van der Waals surface area contributed by atoms with Gasteiger partial charge in [0.2, 0.25) is 0 Å². The van der Waals surface area contributed by atoms with Crippen LogP contribution in [0.15, 0.2) is 34.9 Å². The van der Waals surface area contributed by atoms with E-state index < -0.39 is 0 Å². The molecule has 0 aromatic carbocycles. The largest absolute Gasteiger partial charge is 0.457 e. The molecule has 1 fully saturated rings. The van der Waals surface area contributed by atoms with Gasteiger partial charge in [-0.25, -0.2) is 4.79 Å². The van der Waals surface area contributed by atoms with Crippen LogP contribution in [0.5, 0.6) is 0 Å². The molecule has 3 atom stereocenters. The standard InChI is InChI=1S/C14H14O3/c1-7-3-4-10-9(6-15)5-11-8(2)14(16)17-13(11)12(7)10/h3,6,11-13H,2,4-5H2,1H3/t11?,12-,13-/m0/s1. The Morgan fingerprint density at radius 1 is 1.53 bits per heavy atom. The molecule has 0 radical (unpaired) electrons. The van der Waals surface area contributed by atoms with Gasteiger partial charge in [-0.2, -0.15) is 0 Å². The summed E-state index contributed by atoms with van der Waals surface area (Å²) in [6, 6.07) is 0. The molecule has 0 amide bonds. The second-order valence-electron chi connectivity index (χ2n) is 5.00. The van der Waals surface area contributed by atoms with Crippen molar-refractivity contribution in [2.24, 2.45) is 11.8 Å². The number of fused-ring (bicyclic) bond motifs is 3. The summed E-state index contributed by atoms with van der Waals surface area (Å²) in [7, 11) is 0. The van der Waals surface area contributed by atoms with Gasteiger partial charge in [0.1, 0.15) is 12.4 Å². The molecule has 3 heteroatoms. The average Bonchev–Trinajstić information content (AvgIpc) is 2.82. The second-order valence-corrected chi connectivity index (χ2v) is 5.00. The Hall–Kier alpha value is -1.64. The zero-order chi connectivity index (χ0) is 12.2. The fourth-order valence-corrected chi connectivity index (χ4v) is 3.25. The first-order chi connectivity index (χ1) is 8.13. The van der Waals surface area contributed by atoms with Crippen molar-refractivity contribution in [1.82, 2.24) is 0 Å². The number of allylic oxidation sites excluding steroid dienone is 2. The lowest BCUT2D eigenvalue weighted by molar-refractivity contribution is -0.140. The third-order valence-corrected chi connectivity index (χ3v) is 4.18. The topological polar surface area (TPSA) is 43.4 Å². The minimum atomic E-state index is -0.300. The summed E-state index contributed by atoms with van der Waals surface area (Å²) in [6.45, 7) is 5.83. The lowest BCUT2D eigenvalue weighted by Gasteiger charge is -2.32. The van der Waals surface area contributed by atoms with Crippen LogP contribution in [-0.4, -0.2) is 18.4 Å². The van der Waals surface area contributed by atoms with E-state index in [2.05, 4.69) is 12.7 Å². The highest BCUT2D eigenvalue weighted by Gasteiger charge is 2.49. The molecule has 1 unspecified atom stereocenters. The highest BCUT2D eigenvalue weighted by molar-refractivity contribution is 5.92. The number of hydrogen-bond donors (Lipinski definition) is 0. The molecule has 0 N–H and O–H groups in total. The molecule has 2 aliphatic carbocycles. The molecule has 3 aliphatic rings. The van der Waals surface area contributed by atoms with Crippen LogP contribution < -0.4 is 0 Å². The van der Waals surface area contributed by atoms with Gasteiger partial charge >= 0.3 is 5.97 Å². The van der Waals surface area contributed by atoms with Crippen molar-refractivity contribution in [2.45, 2.75) is 25.9 Å². The number of carbonyl (C=O) groups excluding carboxylic acids is 2. The minimum Gasteiger partial charge on any atom is -0.457 e. The van der Waals surface area contributed by atoms with Gasteiger partial charge in [0.15, 0.2) is 0 Å². The number of aldehydes is 1. The summed E-state index contributed by atoms with van der Waals surface area (Å²) < 4.78 is 5.43. The van der Waals surface area contributed by atoms with E-state index in [0.717, 1.165) is 23.9 Å². The lowest BCUT2D eigenvalue weighted by Crippen LogP contribution is -2.32. The zero-order valence-corrected chi connectivity index (χ0v) is 9.73. The van der Waals surface area contributed by atoms with Gasteiger partial charge in [-0.05, 0) is 30.9 Å². The van der Waals surface area contributed by atoms with Gasteiger partial charge in [0.05, 0.1) is 0 Å². The average molecular weight is 230 g/mol. The van der Waals surface area contributed by atoms with Crippen LogP contribution in [-0.2, 0) is 14.3 Å². The summed E-state index contributed by atoms with van der Waals surface area (Å²) >= 11 is 0. The molecule has 1 aliphatic heterocycles. The Morgan fingerprint density at radius 2 is 2.29 bits per heavy atom. The van der Waals surface area contributed by atoms with Crippen LogP contribution in [0.3, 0.4) is 0 Å². The highest BCUT2D eigenvalue weighted by atomic mass is 16.6. The zero-order valence-electron chi connectivity index (χ0n) is 9.73. The van der Waals surface area contributed by atoms with E-state index in [9.17, 15) is 9.59 Å². The smallest absolute Gasteiger partial charge is 0.334 e. The highest BCUT2D eigenvalue weighted by Crippen LogP contribution is 2.49. The molecule has 3 nitrogen and oxygen atoms in total. The molecule has 1 heterocycles. The predicted octanol–water partition coefficient (Wildman–Crippen LogP) is 1.95. The lowest BCUT2D eigenvalue weighted by atomic mass is 9.73. The fourth-order valence-electron chi connectivity index (χ4n) is 3.25. The Balaban J connectivity index is 2.08. The molecule has 17 heavy (non-hydrogen) atoms. The molecular weight excluding hydrogens is 216 g/mol. The van der Waals surface area contributed by atoms with Gasteiger partial charge in [0, 0.05) is 17.4 Å². The number of carbonyl (C=O) groups is 2. The quantitative estimate of drug-likeness (QED) is 0.299. The van der Waals surface area contributed by atoms with Crippen LogP contribution >= 0.6 is 0 Å². The van der Waals surface area contributed by atoms with Gasteiger partial charge in [0.25, 0.3) is 0 Å². The maximum atomic E-state index is 11.6. The van der Waals surface area contributed by atoms with Crippen LogP contribution in [0, 0.1) is 11.8 Å². The maximum Gasteiger partial charge on any atom is 0.334 e. The first kappa shape index (κ1) is 10.5. The van der Waals surface area contributed by atoms with Crippen molar-refractivity contribution in [1.29, 1.82) is 0 Å². The SMILES string of the molecule is C=C1C(=O)O[C@H]2C1CC(C=O)=C1CC=C(C)[C@@H]12. The summed E-state index contributed by atoms with van der Waals surface area (Å²) in [5.74, 6) is -0.207. The van der Waals surface area contributed by atoms with Crippen molar-refractivity contribution < 1.29 is 14.3 Å². The maximum absolute atomic E-state index is 11.6. The normalized spacial score (nSPS) is 35.4. The minimum absolute atomic E-state index is 0.0158. The monoisotopic (exact) mass is 230 g/mol. The van der Waals surface area contributed by atoms with Crippen molar-refractivity contribution >= 4 is 12.3 Å². The van der Waals surface area contributed by atoms with Crippen molar-refractivity contribution in [3.05, 3.63) is 34.9 Å². The second kappa shape index (κ2) is 3.42. The third-order valence-electron chi connectivity index (χ3n) is 4.18. The molecule has 88 valence electrons. The first-order valence-corrected chi connectivity index (χ1v) is 5.87. The van der Waals surface area contributed by atoms with E-state index in [-0.39, 0.29) is 23.9 Å². The van der Waals surface area contributed by atoms with E-state index in [1.807, 2.05) is 6.92 Å². The summed E-state index contributed by atoms with van der Waals surface area (Å²) in [5, 5.41) is 0. The van der Waals surface area contributed by atoms with Crippen molar-refractivity contribution in [3.8, 4) is 0 Å². The van der Waals surface area contributed by atoms with Gasteiger partial charge < -0.3 is 4.74 Å². The number of esters is 1. The summed E-state index contributed by atoms with van der Waals surface area (Å²) in [6.07, 6.45) is 4.35. The Bertz CT molecular complexity index is 496. The first-order valence-electron chi connectivity index (χ1n) is 5.87. The van der Waals surface area contributed by atoms with Gasteiger partial charge in [-0.3, -0.25) is 4.79 Å². The molecule has 0 aromatic rings.